The Hall–Kier alpha value is -2.86. The first kappa shape index (κ1) is 15.1. The molecule has 0 bridgehead atoms. The maximum Gasteiger partial charge on any atom is -0.000706 e. The van der Waals surface area contributed by atoms with Gasteiger partial charge in [0.15, 0.2) is 0 Å². The van der Waals surface area contributed by atoms with Gasteiger partial charge in [-0.2, -0.15) is 0 Å². The average Bonchev–Trinajstić information content (AvgIpc) is 2.97. The molecule has 0 saturated carbocycles. The van der Waals surface area contributed by atoms with Gasteiger partial charge < -0.3 is 0 Å². The van der Waals surface area contributed by atoms with Gasteiger partial charge in [0.05, 0.1) is 0 Å². The molecule has 0 amide bonds. The quantitative estimate of drug-likeness (QED) is 0.577. The summed E-state index contributed by atoms with van der Waals surface area (Å²) in [5, 5.41) is 2.58. The summed E-state index contributed by atoms with van der Waals surface area (Å²) >= 11 is 0. The summed E-state index contributed by atoms with van der Waals surface area (Å²) in [6, 6.07) is 12.9. The van der Waals surface area contributed by atoms with E-state index in [1.807, 2.05) is 12.2 Å². The van der Waals surface area contributed by atoms with Crippen LogP contribution in [0.25, 0.3) is 16.3 Å². The van der Waals surface area contributed by atoms with E-state index in [0.717, 1.165) is 17.6 Å². The van der Waals surface area contributed by atoms with Crippen LogP contribution in [0.4, 0.5) is 0 Å². The van der Waals surface area contributed by atoms with E-state index in [9.17, 15) is 0 Å². The highest BCUT2D eigenvalue weighted by Crippen LogP contribution is 2.41. The highest BCUT2D eigenvalue weighted by molar-refractivity contribution is 5.98. The molecule has 0 atom stereocenters. The highest BCUT2D eigenvalue weighted by atomic mass is 14.3. The van der Waals surface area contributed by atoms with Gasteiger partial charge in [-0.3, -0.25) is 0 Å². The van der Waals surface area contributed by atoms with Crippen molar-refractivity contribution in [3.8, 4) is 0 Å². The Morgan fingerprint density at radius 2 is 1.74 bits per heavy atom. The molecule has 0 saturated heterocycles. The molecule has 1 aliphatic carbocycles. The second-order valence-electron chi connectivity index (χ2n) is 5.73. The fourth-order valence-electron chi connectivity index (χ4n) is 3.11. The third-order valence-electron chi connectivity index (χ3n) is 4.33. The molecule has 0 aliphatic heterocycles. The van der Waals surface area contributed by atoms with E-state index in [1.54, 1.807) is 6.08 Å². The molecular weight excluding hydrogens is 276 g/mol. The Balaban J connectivity index is 2.18. The fourth-order valence-corrected chi connectivity index (χ4v) is 3.11. The lowest BCUT2D eigenvalue weighted by atomic mass is 9.95. The molecule has 1 aliphatic rings. The van der Waals surface area contributed by atoms with Crippen LogP contribution in [-0.2, 0) is 6.42 Å². The molecule has 0 aromatic heterocycles. The Kier molecular flexibility index (Phi) is 3.99. The minimum Gasteiger partial charge on any atom is -0.0985 e. The number of benzene rings is 2. The molecule has 0 N–H and O–H groups in total. The molecule has 0 heteroatoms. The number of allylic oxidation sites excluding steroid dienone is 8. The van der Waals surface area contributed by atoms with Crippen molar-refractivity contribution >= 4 is 16.3 Å². The van der Waals surface area contributed by atoms with Crippen molar-refractivity contribution in [2.45, 2.75) is 6.42 Å². The zero-order chi connectivity index (χ0) is 16.4. The Morgan fingerprint density at radius 3 is 2.48 bits per heavy atom. The van der Waals surface area contributed by atoms with Crippen molar-refractivity contribution in [1.29, 1.82) is 0 Å². The average molecular weight is 296 g/mol. The second-order valence-corrected chi connectivity index (χ2v) is 5.73. The van der Waals surface area contributed by atoms with Gasteiger partial charge in [-0.1, -0.05) is 87.0 Å². The van der Waals surface area contributed by atoms with E-state index in [4.69, 9.17) is 0 Å². The lowest BCUT2D eigenvalue weighted by Gasteiger charge is -2.09. The molecule has 0 nitrogen and oxygen atoms in total. The summed E-state index contributed by atoms with van der Waals surface area (Å²) in [4.78, 5) is 0. The molecular formula is C23H20. The smallest absolute Gasteiger partial charge is 0.000706 e. The summed E-state index contributed by atoms with van der Waals surface area (Å²) in [6.45, 7) is 15.8. The minimum atomic E-state index is 0.903. The number of hydrogen-bond acceptors (Lipinski definition) is 0. The maximum absolute atomic E-state index is 4.18. The summed E-state index contributed by atoms with van der Waals surface area (Å²) in [6.07, 6.45) is 8.63. The largest absolute Gasteiger partial charge is 0.0985 e. The molecule has 0 radical (unpaired) electrons. The number of hydrogen-bond donors (Lipinski definition) is 0. The molecule has 112 valence electrons. The van der Waals surface area contributed by atoms with Gasteiger partial charge >= 0.3 is 0 Å². The Labute approximate surface area is 138 Å². The van der Waals surface area contributed by atoms with Gasteiger partial charge in [0, 0.05) is 0 Å². The summed E-state index contributed by atoms with van der Waals surface area (Å²) < 4.78 is 0. The molecule has 23 heavy (non-hydrogen) atoms. The summed E-state index contributed by atoms with van der Waals surface area (Å²) in [5.74, 6) is 0. The van der Waals surface area contributed by atoms with Crippen LogP contribution in [0.3, 0.4) is 0 Å². The van der Waals surface area contributed by atoms with Crippen LogP contribution in [-0.4, -0.2) is 0 Å². The minimum absolute atomic E-state index is 0.903. The van der Waals surface area contributed by atoms with Crippen molar-refractivity contribution in [1.82, 2.24) is 0 Å². The van der Waals surface area contributed by atoms with Crippen molar-refractivity contribution in [2.75, 3.05) is 0 Å². The topological polar surface area (TPSA) is 0 Å². The normalized spacial score (nSPS) is 13.4. The van der Waals surface area contributed by atoms with Crippen molar-refractivity contribution in [2.24, 2.45) is 0 Å². The van der Waals surface area contributed by atoms with Crippen molar-refractivity contribution in [3.63, 3.8) is 0 Å². The zero-order valence-corrected chi connectivity index (χ0v) is 13.3. The SMILES string of the molecule is C=CC(=C)/C=C\C1=C(C(=C)C=C)c2ccc3ccccc3c2C1. The fraction of sp³-hybridized carbons (Fsp3) is 0.0435. The predicted molar refractivity (Wildman–Crippen MR) is 102 cm³/mol. The maximum atomic E-state index is 4.18. The lowest BCUT2D eigenvalue weighted by molar-refractivity contribution is 1.27. The number of rotatable bonds is 5. The van der Waals surface area contributed by atoms with Gasteiger partial charge in [0.2, 0.25) is 0 Å². The van der Waals surface area contributed by atoms with Gasteiger partial charge in [0.25, 0.3) is 0 Å². The van der Waals surface area contributed by atoms with E-state index in [2.05, 4.69) is 68.8 Å². The standard InChI is InChI=1S/C23H20/c1-5-16(3)11-12-19-15-22-20-10-8-7-9-18(20)13-14-21(22)23(19)17(4)6-2/h5-14H,1-4,15H2/b12-11-. The Bertz CT molecular complexity index is 901. The van der Waals surface area contributed by atoms with Crippen LogP contribution < -0.4 is 0 Å². The third kappa shape index (κ3) is 2.64. The van der Waals surface area contributed by atoms with Crippen LogP contribution in [0.2, 0.25) is 0 Å². The summed E-state index contributed by atoms with van der Waals surface area (Å²) in [5.41, 5.74) is 6.94. The third-order valence-corrected chi connectivity index (χ3v) is 4.33. The molecule has 2 aromatic rings. The Morgan fingerprint density at radius 1 is 0.957 bits per heavy atom. The van der Waals surface area contributed by atoms with E-state index in [1.165, 1.54) is 33.0 Å². The van der Waals surface area contributed by atoms with E-state index < -0.39 is 0 Å². The molecule has 2 aromatic carbocycles. The second kappa shape index (κ2) is 6.10. The van der Waals surface area contributed by atoms with Crippen LogP contribution in [0, 0.1) is 0 Å². The van der Waals surface area contributed by atoms with E-state index in [-0.39, 0.29) is 0 Å². The van der Waals surface area contributed by atoms with Gasteiger partial charge in [-0.05, 0) is 50.6 Å². The monoisotopic (exact) mass is 296 g/mol. The lowest BCUT2D eigenvalue weighted by Crippen LogP contribution is -1.88. The first-order valence-corrected chi connectivity index (χ1v) is 7.71. The molecule has 0 fully saturated rings. The molecule has 0 spiro atoms. The van der Waals surface area contributed by atoms with Gasteiger partial charge in [0.1, 0.15) is 0 Å². The van der Waals surface area contributed by atoms with Crippen LogP contribution >= 0.6 is 0 Å². The van der Waals surface area contributed by atoms with Crippen LogP contribution in [0.1, 0.15) is 11.1 Å². The van der Waals surface area contributed by atoms with E-state index >= 15 is 0 Å². The van der Waals surface area contributed by atoms with Crippen LogP contribution in [0.5, 0.6) is 0 Å². The number of fused-ring (bicyclic) bond motifs is 3. The van der Waals surface area contributed by atoms with Crippen molar-refractivity contribution < 1.29 is 0 Å². The van der Waals surface area contributed by atoms with Gasteiger partial charge in [-0.15, -0.1) is 0 Å². The predicted octanol–water partition coefficient (Wildman–Crippen LogP) is 6.19. The van der Waals surface area contributed by atoms with Crippen molar-refractivity contribution in [3.05, 3.63) is 115 Å². The molecule has 3 rings (SSSR count). The zero-order valence-electron chi connectivity index (χ0n) is 13.3. The molecule has 0 unspecified atom stereocenters. The van der Waals surface area contributed by atoms with Gasteiger partial charge in [-0.25, -0.2) is 0 Å². The first-order chi connectivity index (χ1) is 11.2. The van der Waals surface area contributed by atoms with Crippen LogP contribution in [0.15, 0.2) is 104 Å². The van der Waals surface area contributed by atoms with E-state index in [0.29, 0.717) is 0 Å². The molecule has 0 heterocycles. The summed E-state index contributed by atoms with van der Waals surface area (Å²) in [7, 11) is 0. The first-order valence-electron chi connectivity index (χ1n) is 7.71. The highest BCUT2D eigenvalue weighted by Gasteiger charge is 2.22.